The summed E-state index contributed by atoms with van der Waals surface area (Å²) < 4.78 is 27.1. The molecule has 35 heavy (non-hydrogen) atoms. The third-order valence-corrected chi connectivity index (χ3v) is 8.95. The molecule has 4 rings (SSSR count). The van der Waals surface area contributed by atoms with Crippen LogP contribution in [-0.2, 0) is 20.6 Å². The lowest BCUT2D eigenvalue weighted by molar-refractivity contribution is -0.120. The SMILES string of the molecule is O=C(NC1CCCCC1)c1ccccc1NC(=O)C1CCN(S(=O)(=O)Cc2ccc(Cl)cc2)CC1. The summed E-state index contributed by atoms with van der Waals surface area (Å²) in [4.78, 5) is 25.9. The van der Waals surface area contributed by atoms with Gasteiger partial charge >= 0.3 is 0 Å². The van der Waals surface area contributed by atoms with E-state index in [-0.39, 0.29) is 42.6 Å². The Morgan fingerprint density at radius 1 is 0.914 bits per heavy atom. The second-order valence-corrected chi connectivity index (χ2v) is 11.8. The summed E-state index contributed by atoms with van der Waals surface area (Å²) >= 11 is 5.89. The van der Waals surface area contributed by atoms with Crippen LogP contribution in [0.1, 0.15) is 60.9 Å². The third-order valence-electron chi connectivity index (χ3n) is 6.85. The van der Waals surface area contributed by atoms with Gasteiger partial charge in [-0.15, -0.1) is 0 Å². The van der Waals surface area contributed by atoms with Gasteiger partial charge in [0.25, 0.3) is 5.91 Å². The predicted molar refractivity (Wildman–Crippen MR) is 138 cm³/mol. The number of carbonyl (C=O) groups is 2. The van der Waals surface area contributed by atoms with Gasteiger partial charge in [-0.1, -0.05) is 55.1 Å². The molecule has 1 heterocycles. The van der Waals surface area contributed by atoms with Crippen LogP contribution in [0.5, 0.6) is 0 Å². The van der Waals surface area contributed by atoms with Crippen molar-refractivity contribution in [3.63, 3.8) is 0 Å². The maximum absolute atomic E-state index is 13.0. The number of anilines is 1. The van der Waals surface area contributed by atoms with Crippen LogP contribution in [-0.4, -0.2) is 43.7 Å². The van der Waals surface area contributed by atoms with E-state index in [1.165, 1.54) is 10.7 Å². The second kappa shape index (κ2) is 11.5. The number of hydrogen-bond donors (Lipinski definition) is 2. The monoisotopic (exact) mass is 517 g/mol. The molecule has 1 aliphatic heterocycles. The standard InChI is InChI=1S/C26H32ClN3O4S/c27-21-12-10-19(11-13-21)18-35(33,34)30-16-14-20(15-17-30)25(31)29-24-9-5-4-8-23(24)26(32)28-22-6-2-1-3-7-22/h4-5,8-13,20,22H,1-3,6-7,14-18H2,(H,28,32)(H,29,31). The highest BCUT2D eigenvalue weighted by Gasteiger charge is 2.31. The number of carbonyl (C=O) groups excluding carboxylic acids is 2. The number of nitrogens with zero attached hydrogens (tertiary/aromatic N) is 1. The molecule has 2 amide bonds. The van der Waals surface area contributed by atoms with Crippen LogP contribution in [0.25, 0.3) is 0 Å². The van der Waals surface area contributed by atoms with Crippen LogP contribution in [0.4, 0.5) is 5.69 Å². The molecule has 9 heteroatoms. The van der Waals surface area contributed by atoms with Crippen LogP contribution in [0.2, 0.25) is 5.02 Å². The minimum absolute atomic E-state index is 0.0927. The molecule has 1 saturated carbocycles. The lowest BCUT2D eigenvalue weighted by atomic mass is 9.95. The summed E-state index contributed by atoms with van der Waals surface area (Å²) in [7, 11) is -3.48. The van der Waals surface area contributed by atoms with Crippen molar-refractivity contribution >= 4 is 39.1 Å². The van der Waals surface area contributed by atoms with E-state index >= 15 is 0 Å². The van der Waals surface area contributed by atoms with Crippen molar-refractivity contribution in [2.75, 3.05) is 18.4 Å². The average molecular weight is 518 g/mol. The number of amides is 2. The Kier molecular flexibility index (Phi) is 8.46. The first-order chi connectivity index (χ1) is 16.8. The van der Waals surface area contributed by atoms with E-state index in [1.807, 2.05) is 0 Å². The van der Waals surface area contributed by atoms with Gasteiger partial charge in [-0.2, -0.15) is 0 Å². The fraction of sp³-hybridized carbons (Fsp3) is 0.462. The van der Waals surface area contributed by atoms with Crippen molar-refractivity contribution in [3.05, 3.63) is 64.7 Å². The van der Waals surface area contributed by atoms with Crippen LogP contribution in [0.3, 0.4) is 0 Å². The van der Waals surface area contributed by atoms with Crippen LogP contribution in [0.15, 0.2) is 48.5 Å². The molecular formula is C26H32ClN3O4S. The number of piperidine rings is 1. The highest BCUT2D eigenvalue weighted by Crippen LogP contribution is 2.25. The Morgan fingerprint density at radius 2 is 1.57 bits per heavy atom. The Labute approximate surface area is 212 Å². The first kappa shape index (κ1) is 25.7. The molecule has 0 bridgehead atoms. The zero-order valence-corrected chi connectivity index (χ0v) is 21.3. The smallest absolute Gasteiger partial charge is 0.253 e. The van der Waals surface area contributed by atoms with E-state index in [1.54, 1.807) is 48.5 Å². The maximum atomic E-state index is 13.0. The molecule has 1 aliphatic carbocycles. The van der Waals surface area contributed by atoms with Gasteiger partial charge in [0.2, 0.25) is 15.9 Å². The summed E-state index contributed by atoms with van der Waals surface area (Å²) in [6, 6.07) is 14.0. The fourth-order valence-corrected chi connectivity index (χ4v) is 6.50. The summed E-state index contributed by atoms with van der Waals surface area (Å²) in [6.07, 6.45) is 6.29. The molecule has 0 unspecified atom stereocenters. The Bertz CT molecular complexity index is 1140. The third kappa shape index (κ3) is 6.84. The number of hydrogen-bond acceptors (Lipinski definition) is 4. The Morgan fingerprint density at radius 3 is 2.26 bits per heavy atom. The molecule has 0 radical (unpaired) electrons. The maximum Gasteiger partial charge on any atom is 0.253 e. The highest BCUT2D eigenvalue weighted by atomic mass is 35.5. The van der Waals surface area contributed by atoms with Crippen molar-refractivity contribution in [2.45, 2.75) is 56.7 Å². The van der Waals surface area contributed by atoms with Crippen molar-refractivity contribution in [3.8, 4) is 0 Å². The molecule has 2 aromatic carbocycles. The highest BCUT2D eigenvalue weighted by molar-refractivity contribution is 7.88. The summed E-state index contributed by atoms with van der Waals surface area (Å²) in [5.41, 5.74) is 1.62. The molecule has 188 valence electrons. The molecule has 2 aliphatic rings. The Hall–Kier alpha value is -2.42. The number of benzene rings is 2. The minimum atomic E-state index is -3.48. The quantitative estimate of drug-likeness (QED) is 0.561. The van der Waals surface area contributed by atoms with Gasteiger partial charge in [-0.25, -0.2) is 12.7 Å². The first-order valence-electron chi connectivity index (χ1n) is 12.2. The molecule has 0 spiro atoms. The van der Waals surface area contributed by atoms with E-state index in [4.69, 9.17) is 11.6 Å². The summed E-state index contributed by atoms with van der Waals surface area (Å²) in [5, 5.41) is 6.58. The topological polar surface area (TPSA) is 95.6 Å². The van der Waals surface area contributed by atoms with E-state index in [2.05, 4.69) is 10.6 Å². The average Bonchev–Trinajstić information content (AvgIpc) is 2.86. The van der Waals surface area contributed by atoms with Gasteiger partial charge in [-0.3, -0.25) is 9.59 Å². The normalized spacial score (nSPS) is 18.2. The molecule has 0 atom stereocenters. The molecule has 2 N–H and O–H groups in total. The molecule has 1 saturated heterocycles. The van der Waals surface area contributed by atoms with E-state index in [0.717, 1.165) is 25.7 Å². The first-order valence-corrected chi connectivity index (χ1v) is 14.2. The van der Waals surface area contributed by atoms with E-state index in [0.29, 0.717) is 34.7 Å². The summed E-state index contributed by atoms with van der Waals surface area (Å²) in [6.45, 7) is 0.579. The molecule has 2 aromatic rings. The number of rotatable bonds is 7. The molecule has 2 fully saturated rings. The minimum Gasteiger partial charge on any atom is -0.349 e. The van der Waals surface area contributed by atoms with Crippen molar-refractivity contribution in [1.29, 1.82) is 0 Å². The van der Waals surface area contributed by atoms with Crippen LogP contribution >= 0.6 is 11.6 Å². The van der Waals surface area contributed by atoms with Gasteiger partial charge in [0.15, 0.2) is 0 Å². The van der Waals surface area contributed by atoms with Gasteiger partial charge in [0, 0.05) is 30.1 Å². The van der Waals surface area contributed by atoms with Crippen LogP contribution < -0.4 is 10.6 Å². The number of halogens is 1. The second-order valence-electron chi connectivity index (χ2n) is 9.40. The fourth-order valence-electron chi connectivity index (χ4n) is 4.81. The van der Waals surface area contributed by atoms with E-state index in [9.17, 15) is 18.0 Å². The lowest BCUT2D eigenvalue weighted by Crippen LogP contribution is -2.42. The van der Waals surface area contributed by atoms with Crippen molar-refractivity contribution < 1.29 is 18.0 Å². The van der Waals surface area contributed by atoms with Gasteiger partial charge < -0.3 is 10.6 Å². The number of para-hydroxylation sites is 1. The van der Waals surface area contributed by atoms with Crippen molar-refractivity contribution in [1.82, 2.24) is 9.62 Å². The summed E-state index contributed by atoms with van der Waals surface area (Å²) in [5.74, 6) is -0.759. The lowest BCUT2D eigenvalue weighted by Gasteiger charge is -2.30. The molecule has 0 aromatic heterocycles. The van der Waals surface area contributed by atoms with Crippen molar-refractivity contribution in [2.24, 2.45) is 5.92 Å². The number of sulfonamides is 1. The largest absolute Gasteiger partial charge is 0.349 e. The van der Waals surface area contributed by atoms with E-state index < -0.39 is 10.0 Å². The predicted octanol–water partition coefficient (Wildman–Crippen LogP) is 4.58. The van der Waals surface area contributed by atoms with Gasteiger partial charge in [-0.05, 0) is 55.5 Å². The number of nitrogens with one attached hydrogen (secondary N) is 2. The molecule has 7 nitrogen and oxygen atoms in total. The zero-order chi connectivity index (χ0) is 24.8. The van der Waals surface area contributed by atoms with Gasteiger partial charge in [0.05, 0.1) is 17.0 Å². The van der Waals surface area contributed by atoms with Crippen LogP contribution in [0, 0.1) is 5.92 Å². The van der Waals surface area contributed by atoms with Gasteiger partial charge in [0.1, 0.15) is 0 Å². The molecular weight excluding hydrogens is 486 g/mol. The zero-order valence-electron chi connectivity index (χ0n) is 19.7. The Balaban J connectivity index is 1.33.